The molecule has 140 valence electrons. The van der Waals surface area contributed by atoms with E-state index < -0.39 is 10.0 Å². The Labute approximate surface area is 159 Å². The maximum atomic E-state index is 12.7. The Balaban J connectivity index is 1.72. The number of carbonyl (C=O) groups is 1. The maximum Gasteiger partial charge on any atom is 0.255 e. The quantitative estimate of drug-likeness (QED) is 0.878. The van der Waals surface area contributed by atoms with Crippen molar-refractivity contribution in [3.05, 3.63) is 59.7 Å². The Morgan fingerprint density at radius 3 is 2.44 bits per heavy atom. The molecule has 1 aliphatic heterocycles. The number of nitrogens with zero attached hydrogens (tertiary/aromatic N) is 2. The molecule has 0 radical (unpaired) electrons. The summed E-state index contributed by atoms with van der Waals surface area (Å²) in [6, 6.07) is 14.6. The highest BCUT2D eigenvalue weighted by Gasteiger charge is 2.28. The Hall–Kier alpha value is -2.69. The number of anilines is 1. The molecular weight excluding hydrogens is 362 g/mol. The summed E-state index contributed by atoms with van der Waals surface area (Å²) in [5.41, 5.74) is 1.31. The smallest absolute Gasteiger partial charge is 0.255 e. The maximum absolute atomic E-state index is 12.7. The molecule has 0 bridgehead atoms. The van der Waals surface area contributed by atoms with E-state index in [1.165, 1.54) is 28.6 Å². The van der Waals surface area contributed by atoms with Gasteiger partial charge in [-0.15, -0.1) is 0 Å². The van der Waals surface area contributed by atoms with Crippen LogP contribution in [0.3, 0.4) is 0 Å². The van der Waals surface area contributed by atoms with Crippen LogP contribution in [0.2, 0.25) is 0 Å². The number of nitrogens with one attached hydrogen (secondary N) is 1. The first-order chi connectivity index (χ1) is 12.9. The highest BCUT2D eigenvalue weighted by molar-refractivity contribution is 7.89. The van der Waals surface area contributed by atoms with Gasteiger partial charge < -0.3 is 5.32 Å². The SMILES string of the molecule is CC1CCN(S(=O)(=O)c2ccc(C(=O)Nc3cccc(C#N)c3)cc2)CC1. The number of carbonyl (C=O) groups excluding carboxylic acids is 1. The molecule has 1 heterocycles. The minimum atomic E-state index is -3.53. The molecule has 0 spiro atoms. The van der Waals surface area contributed by atoms with Crippen molar-refractivity contribution in [3.8, 4) is 6.07 Å². The number of piperidine rings is 1. The third-order valence-electron chi connectivity index (χ3n) is 4.75. The fraction of sp³-hybridized carbons (Fsp3) is 0.300. The van der Waals surface area contributed by atoms with E-state index in [0.29, 0.717) is 35.8 Å². The van der Waals surface area contributed by atoms with Crippen molar-refractivity contribution in [1.82, 2.24) is 4.31 Å². The molecule has 0 aliphatic carbocycles. The molecule has 0 saturated carbocycles. The van der Waals surface area contributed by atoms with Crippen molar-refractivity contribution in [1.29, 1.82) is 5.26 Å². The molecule has 2 aromatic carbocycles. The van der Waals surface area contributed by atoms with Gasteiger partial charge in [0.05, 0.1) is 16.5 Å². The number of amides is 1. The third-order valence-corrected chi connectivity index (χ3v) is 6.66. The van der Waals surface area contributed by atoms with Gasteiger partial charge in [-0.2, -0.15) is 9.57 Å². The first-order valence-electron chi connectivity index (χ1n) is 8.82. The lowest BCUT2D eigenvalue weighted by Gasteiger charge is -2.29. The van der Waals surface area contributed by atoms with Gasteiger partial charge in [0.1, 0.15) is 0 Å². The second-order valence-electron chi connectivity index (χ2n) is 6.76. The van der Waals surface area contributed by atoms with Crippen LogP contribution >= 0.6 is 0 Å². The summed E-state index contributed by atoms with van der Waals surface area (Å²) in [4.78, 5) is 12.6. The summed E-state index contributed by atoms with van der Waals surface area (Å²) in [5.74, 6) is 0.183. The molecule has 7 heteroatoms. The number of hydrogen-bond donors (Lipinski definition) is 1. The van der Waals surface area contributed by atoms with Crippen molar-refractivity contribution >= 4 is 21.6 Å². The molecule has 2 aromatic rings. The van der Waals surface area contributed by atoms with Gasteiger partial charge >= 0.3 is 0 Å². The van der Waals surface area contributed by atoms with Crippen LogP contribution in [0.5, 0.6) is 0 Å². The predicted molar refractivity (Wildman–Crippen MR) is 103 cm³/mol. The molecule has 1 N–H and O–H groups in total. The molecule has 0 aromatic heterocycles. The minimum Gasteiger partial charge on any atom is -0.322 e. The Kier molecular flexibility index (Phi) is 5.59. The van der Waals surface area contributed by atoms with Crippen molar-refractivity contribution in [3.63, 3.8) is 0 Å². The summed E-state index contributed by atoms with van der Waals surface area (Å²) in [6.07, 6.45) is 1.73. The van der Waals surface area contributed by atoms with Gasteiger partial charge in [-0.25, -0.2) is 8.42 Å². The van der Waals surface area contributed by atoms with Crippen molar-refractivity contribution in [2.75, 3.05) is 18.4 Å². The molecule has 1 amide bonds. The van der Waals surface area contributed by atoms with Crippen molar-refractivity contribution < 1.29 is 13.2 Å². The van der Waals surface area contributed by atoms with Crippen LogP contribution in [0.15, 0.2) is 53.4 Å². The number of benzene rings is 2. The molecule has 0 unspecified atom stereocenters. The summed E-state index contributed by atoms with van der Waals surface area (Å²) in [7, 11) is -3.53. The molecule has 0 atom stereocenters. The first-order valence-corrected chi connectivity index (χ1v) is 10.3. The lowest BCUT2D eigenvalue weighted by molar-refractivity contribution is 0.102. The van der Waals surface area contributed by atoms with E-state index >= 15 is 0 Å². The normalized spacial score (nSPS) is 15.9. The molecule has 1 fully saturated rings. The van der Waals surface area contributed by atoms with E-state index in [4.69, 9.17) is 5.26 Å². The van der Waals surface area contributed by atoms with E-state index in [9.17, 15) is 13.2 Å². The van der Waals surface area contributed by atoms with Gasteiger partial charge in [0.15, 0.2) is 0 Å². The second-order valence-corrected chi connectivity index (χ2v) is 8.70. The molecule has 6 nitrogen and oxygen atoms in total. The van der Waals surface area contributed by atoms with E-state index in [2.05, 4.69) is 12.2 Å². The molecule has 1 saturated heterocycles. The van der Waals surface area contributed by atoms with Gasteiger partial charge in [0.2, 0.25) is 10.0 Å². The predicted octanol–water partition coefficient (Wildman–Crippen LogP) is 3.23. The highest BCUT2D eigenvalue weighted by Crippen LogP contribution is 2.23. The number of sulfonamides is 1. The fourth-order valence-corrected chi connectivity index (χ4v) is 4.49. The van der Waals surface area contributed by atoms with E-state index in [-0.39, 0.29) is 10.8 Å². The van der Waals surface area contributed by atoms with Crippen molar-refractivity contribution in [2.24, 2.45) is 5.92 Å². The summed E-state index contributed by atoms with van der Waals surface area (Å²) >= 11 is 0. The van der Waals surface area contributed by atoms with Crippen LogP contribution in [0.1, 0.15) is 35.7 Å². The Bertz CT molecular complexity index is 970. The molecule has 3 rings (SSSR count). The average molecular weight is 383 g/mol. The van der Waals surface area contributed by atoms with E-state index in [1.54, 1.807) is 24.3 Å². The lowest BCUT2D eigenvalue weighted by atomic mass is 10.0. The number of hydrogen-bond acceptors (Lipinski definition) is 4. The lowest BCUT2D eigenvalue weighted by Crippen LogP contribution is -2.37. The summed E-state index contributed by atoms with van der Waals surface area (Å²) < 4.78 is 27.0. The van der Waals surface area contributed by atoms with E-state index in [0.717, 1.165) is 12.8 Å². The van der Waals surface area contributed by atoms with Gasteiger partial charge in [0, 0.05) is 24.3 Å². The minimum absolute atomic E-state index is 0.195. The largest absolute Gasteiger partial charge is 0.322 e. The molecular formula is C20H21N3O3S. The van der Waals surface area contributed by atoms with E-state index in [1.807, 2.05) is 6.07 Å². The zero-order valence-corrected chi connectivity index (χ0v) is 15.9. The van der Waals surface area contributed by atoms with Crippen LogP contribution < -0.4 is 5.32 Å². The van der Waals surface area contributed by atoms with Crippen LogP contribution in [0.4, 0.5) is 5.69 Å². The van der Waals surface area contributed by atoms with Crippen LogP contribution in [0, 0.1) is 17.2 Å². The highest BCUT2D eigenvalue weighted by atomic mass is 32.2. The number of rotatable bonds is 4. The summed E-state index contributed by atoms with van der Waals surface area (Å²) in [6.45, 7) is 3.19. The average Bonchev–Trinajstić information content (AvgIpc) is 2.68. The molecule has 1 aliphatic rings. The van der Waals surface area contributed by atoms with Gasteiger partial charge in [0.25, 0.3) is 5.91 Å². The monoisotopic (exact) mass is 383 g/mol. The fourth-order valence-electron chi connectivity index (χ4n) is 3.02. The van der Waals surface area contributed by atoms with Crippen LogP contribution in [0.25, 0.3) is 0 Å². The third kappa shape index (κ3) is 4.35. The van der Waals surface area contributed by atoms with Gasteiger partial charge in [-0.05, 0) is 61.2 Å². The number of nitriles is 1. The first kappa shape index (κ1) is 19.1. The van der Waals surface area contributed by atoms with Crippen molar-refractivity contribution in [2.45, 2.75) is 24.7 Å². The van der Waals surface area contributed by atoms with Crippen LogP contribution in [-0.2, 0) is 10.0 Å². The summed E-state index contributed by atoms with van der Waals surface area (Å²) in [5, 5.41) is 11.6. The zero-order chi connectivity index (χ0) is 19.4. The standard InChI is InChI=1S/C20H21N3O3S/c1-15-9-11-23(12-10-15)27(25,26)19-7-5-17(6-8-19)20(24)22-18-4-2-3-16(13-18)14-21/h2-8,13,15H,9-12H2,1H3,(H,22,24). The Morgan fingerprint density at radius 2 is 1.81 bits per heavy atom. The molecule has 27 heavy (non-hydrogen) atoms. The Morgan fingerprint density at radius 1 is 1.15 bits per heavy atom. The topological polar surface area (TPSA) is 90.3 Å². The van der Waals surface area contributed by atoms with Crippen LogP contribution in [-0.4, -0.2) is 31.7 Å². The van der Waals surface area contributed by atoms with Gasteiger partial charge in [-0.1, -0.05) is 13.0 Å². The van der Waals surface area contributed by atoms with Gasteiger partial charge in [-0.3, -0.25) is 4.79 Å². The second kappa shape index (κ2) is 7.91. The zero-order valence-electron chi connectivity index (χ0n) is 15.1.